The summed E-state index contributed by atoms with van der Waals surface area (Å²) < 4.78 is 1.57. The lowest BCUT2D eigenvalue weighted by atomic mass is 10.2. The Labute approximate surface area is 126 Å². The van der Waals surface area contributed by atoms with Gasteiger partial charge < -0.3 is 5.11 Å². The summed E-state index contributed by atoms with van der Waals surface area (Å²) in [6.07, 6.45) is 2.06. The summed E-state index contributed by atoms with van der Waals surface area (Å²) in [5.41, 5.74) is 2.04. The van der Waals surface area contributed by atoms with Gasteiger partial charge in [-0.3, -0.25) is 4.79 Å². The summed E-state index contributed by atoms with van der Waals surface area (Å²) in [5.74, 6) is -1.14. The van der Waals surface area contributed by atoms with Gasteiger partial charge in [0.1, 0.15) is 5.69 Å². The van der Waals surface area contributed by atoms with E-state index in [2.05, 4.69) is 5.10 Å². The van der Waals surface area contributed by atoms with Crippen LogP contribution < -0.4 is 5.43 Å². The van der Waals surface area contributed by atoms with E-state index in [1.807, 2.05) is 13.0 Å². The van der Waals surface area contributed by atoms with E-state index in [9.17, 15) is 9.59 Å². The van der Waals surface area contributed by atoms with Crippen molar-refractivity contribution in [2.75, 3.05) is 0 Å². The standard InChI is InChI=1S/C15H13ClN2O3/c1-9-3-4-11(16)8-13(9)18-10(2)7-14(19)12(17-18)5-6-15(20)21/h3-8H,1-2H3,(H,20,21)/b6-5+. The van der Waals surface area contributed by atoms with Gasteiger partial charge in [0.25, 0.3) is 0 Å². The number of nitrogens with zero attached hydrogens (tertiary/aromatic N) is 2. The molecule has 2 aromatic rings. The number of benzene rings is 1. The second-order valence-corrected chi connectivity index (χ2v) is 4.99. The Bertz CT molecular complexity index is 794. The molecule has 0 aliphatic rings. The molecular weight excluding hydrogens is 292 g/mol. The van der Waals surface area contributed by atoms with Gasteiger partial charge >= 0.3 is 5.97 Å². The first-order valence-electron chi connectivity index (χ1n) is 6.17. The largest absolute Gasteiger partial charge is 0.478 e. The predicted molar refractivity (Wildman–Crippen MR) is 81.0 cm³/mol. The maximum absolute atomic E-state index is 11.8. The molecule has 108 valence electrons. The fourth-order valence-corrected chi connectivity index (χ4v) is 2.05. The Morgan fingerprint density at radius 1 is 1.33 bits per heavy atom. The van der Waals surface area contributed by atoms with Gasteiger partial charge in [-0.2, -0.15) is 5.10 Å². The normalized spacial score (nSPS) is 11.0. The lowest BCUT2D eigenvalue weighted by Crippen LogP contribution is -2.17. The summed E-state index contributed by atoms with van der Waals surface area (Å²) >= 11 is 6.00. The molecule has 0 bridgehead atoms. The van der Waals surface area contributed by atoms with Gasteiger partial charge in [-0.25, -0.2) is 9.48 Å². The Hall–Kier alpha value is -2.40. The van der Waals surface area contributed by atoms with Crippen LogP contribution in [0.3, 0.4) is 0 Å². The summed E-state index contributed by atoms with van der Waals surface area (Å²) in [4.78, 5) is 22.4. The zero-order valence-corrected chi connectivity index (χ0v) is 12.3. The van der Waals surface area contributed by atoms with Crippen molar-refractivity contribution in [3.05, 3.63) is 62.5 Å². The van der Waals surface area contributed by atoms with E-state index in [4.69, 9.17) is 16.7 Å². The fourth-order valence-electron chi connectivity index (χ4n) is 1.88. The van der Waals surface area contributed by atoms with Crippen molar-refractivity contribution < 1.29 is 9.90 Å². The molecule has 21 heavy (non-hydrogen) atoms. The number of carboxylic acid groups (broad SMARTS) is 1. The number of carbonyl (C=O) groups is 1. The first-order valence-corrected chi connectivity index (χ1v) is 6.55. The van der Waals surface area contributed by atoms with Crippen molar-refractivity contribution in [2.24, 2.45) is 0 Å². The van der Waals surface area contributed by atoms with Crippen LogP contribution in [-0.4, -0.2) is 20.9 Å². The molecule has 0 saturated heterocycles. The van der Waals surface area contributed by atoms with Crippen LogP contribution in [0.2, 0.25) is 5.02 Å². The van der Waals surface area contributed by atoms with Crippen LogP contribution in [0.15, 0.2) is 35.1 Å². The molecule has 2 rings (SSSR count). The molecule has 1 aromatic carbocycles. The van der Waals surface area contributed by atoms with Crippen molar-refractivity contribution in [3.63, 3.8) is 0 Å². The molecule has 5 nitrogen and oxygen atoms in total. The molecule has 0 fully saturated rings. The van der Waals surface area contributed by atoms with Gasteiger partial charge in [-0.05, 0) is 37.6 Å². The van der Waals surface area contributed by atoms with Gasteiger partial charge in [0.05, 0.1) is 5.69 Å². The van der Waals surface area contributed by atoms with Crippen LogP contribution in [-0.2, 0) is 4.79 Å². The number of halogens is 1. The highest BCUT2D eigenvalue weighted by atomic mass is 35.5. The highest BCUT2D eigenvalue weighted by Gasteiger charge is 2.08. The number of rotatable bonds is 3. The minimum Gasteiger partial charge on any atom is -0.478 e. The Morgan fingerprint density at radius 2 is 2.05 bits per heavy atom. The monoisotopic (exact) mass is 304 g/mol. The minimum absolute atomic E-state index is 0.0578. The van der Waals surface area contributed by atoms with Gasteiger partial charge in [0, 0.05) is 22.9 Å². The Morgan fingerprint density at radius 3 is 2.71 bits per heavy atom. The summed E-state index contributed by atoms with van der Waals surface area (Å²) in [6.45, 7) is 3.65. The third kappa shape index (κ3) is 3.38. The maximum atomic E-state index is 11.8. The smallest absolute Gasteiger partial charge is 0.328 e. The zero-order valence-electron chi connectivity index (χ0n) is 11.5. The average Bonchev–Trinajstić information content (AvgIpc) is 2.41. The highest BCUT2D eigenvalue weighted by molar-refractivity contribution is 6.30. The molecule has 0 aliphatic heterocycles. The van der Waals surface area contributed by atoms with Crippen molar-refractivity contribution >= 4 is 23.6 Å². The third-order valence-electron chi connectivity index (χ3n) is 2.92. The van der Waals surface area contributed by atoms with Gasteiger partial charge in [-0.15, -0.1) is 0 Å². The van der Waals surface area contributed by atoms with Crippen LogP contribution in [0.1, 0.15) is 17.0 Å². The lowest BCUT2D eigenvalue weighted by molar-refractivity contribution is -0.131. The molecule has 1 heterocycles. The van der Waals surface area contributed by atoms with Crippen LogP contribution in [0.4, 0.5) is 0 Å². The van der Waals surface area contributed by atoms with E-state index in [0.717, 1.165) is 17.3 Å². The SMILES string of the molecule is Cc1ccc(Cl)cc1-n1nc(/C=C/C(=O)O)c(=O)cc1C. The number of carboxylic acids is 1. The molecule has 1 N–H and O–H groups in total. The van der Waals surface area contributed by atoms with Crippen LogP contribution >= 0.6 is 11.6 Å². The maximum Gasteiger partial charge on any atom is 0.328 e. The van der Waals surface area contributed by atoms with Gasteiger partial charge in [0.2, 0.25) is 5.43 Å². The van der Waals surface area contributed by atoms with E-state index in [0.29, 0.717) is 10.7 Å². The predicted octanol–water partition coefficient (Wildman–Crippen LogP) is 2.60. The molecule has 0 unspecified atom stereocenters. The zero-order chi connectivity index (χ0) is 15.6. The van der Waals surface area contributed by atoms with Gasteiger partial charge in [0.15, 0.2) is 0 Å². The first kappa shape index (κ1) is 15.0. The molecule has 1 aromatic heterocycles. The lowest BCUT2D eigenvalue weighted by Gasteiger charge is -2.13. The fraction of sp³-hybridized carbons (Fsp3) is 0.133. The first-order chi connectivity index (χ1) is 9.88. The van der Waals surface area contributed by atoms with E-state index in [-0.39, 0.29) is 11.1 Å². The topological polar surface area (TPSA) is 72.2 Å². The summed E-state index contributed by atoms with van der Waals surface area (Å²) in [6, 6.07) is 6.77. The number of aryl methyl sites for hydroxylation is 2. The second-order valence-electron chi connectivity index (χ2n) is 4.55. The van der Waals surface area contributed by atoms with E-state index in [1.54, 1.807) is 23.7 Å². The highest BCUT2D eigenvalue weighted by Crippen LogP contribution is 2.19. The van der Waals surface area contributed by atoms with Crippen molar-refractivity contribution in [1.29, 1.82) is 0 Å². The van der Waals surface area contributed by atoms with E-state index < -0.39 is 5.97 Å². The Balaban J connectivity index is 2.64. The number of hydrogen-bond donors (Lipinski definition) is 1. The number of aliphatic carboxylic acids is 1. The molecular formula is C15H13ClN2O3. The molecule has 6 heteroatoms. The quantitative estimate of drug-likeness (QED) is 0.885. The molecule has 0 spiro atoms. The second kappa shape index (κ2) is 5.93. The van der Waals surface area contributed by atoms with E-state index >= 15 is 0 Å². The summed E-state index contributed by atoms with van der Waals surface area (Å²) in [7, 11) is 0. The third-order valence-corrected chi connectivity index (χ3v) is 3.15. The van der Waals surface area contributed by atoms with Crippen LogP contribution in [0.5, 0.6) is 0 Å². The van der Waals surface area contributed by atoms with E-state index in [1.165, 1.54) is 12.1 Å². The average molecular weight is 305 g/mol. The van der Waals surface area contributed by atoms with Crippen molar-refractivity contribution in [2.45, 2.75) is 13.8 Å². The number of aromatic nitrogens is 2. The number of hydrogen-bond acceptors (Lipinski definition) is 3. The molecule has 0 saturated carbocycles. The van der Waals surface area contributed by atoms with Gasteiger partial charge in [-0.1, -0.05) is 17.7 Å². The van der Waals surface area contributed by atoms with Crippen LogP contribution in [0.25, 0.3) is 11.8 Å². The molecule has 0 aliphatic carbocycles. The Kier molecular flexibility index (Phi) is 4.23. The minimum atomic E-state index is -1.14. The molecule has 0 amide bonds. The van der Waals surface area contributed by atoms with Crippen molar-refractivity contribution in [3.8, 4) is 5.69 Å². The summed E-state index contributed by atoms with van der Waals surface area (Å²) in [5, 5.41) is 13.4. The van der Waals surface area contributed by atoms with Crippen LogP contribution in [0, 0.1) is 13.8 Å². The molecule has 0 atom stereocenters. The molecule has 0 radical (unpaired) electrons. The van der Waals surface area contributed by atoms with Crippen molar-refractivity contribution in [1.82, 2.24) is 9.78 Å².